The van der Waals surface area contributed by atoms with E-state index in [2.05, 4.69) is 10.1 Å². The van der Waals surface area contributed by atoms with E-state index in [9.17, 15) is 22.4 Å². The fourth-order valence-electron chi connectivity index (χ4n) is 2.87. The van der Waals surface area contributed by atoms with E-state index in [1.807, 2.05) is 13.8 Å². The van der Waals surface area contributed by atoms with Gasteiger partial charge in [-0.1, -0.05) is 19.9 Å². The van der Waals surface area contributed by atoms with E-state index in [4.69, 9.17) is 0 Å². The summed E-state index contributed by atoms with van der Waals surface area (Å²) in [5.41, 5.74) is 0.337. The van der Waals surface area contributed by atoms with Gasteiger partial charge < -0.3 is 0 Å². The third-order valence-corrected chi connectivity index (χ3v) is 4.00. The van der Waals surface area contributed by atoms with Crippen LogP contribution in [0.2, 0.25) is 0 Å². The summed E-state index contributed by atoms with van der Waals surface area (Å²) in [5, 5.41) is 2.78. The van der Waals surface area contributed by atoms with Gasteiger partial charge in [0.2, 0.25) is 0 Å². The number of nitrogens with one attached hydrogen (secondary N) is 1. The zero-order valence-electron chi connectivity index (χ0n) is 13.7. The quantitative estimate of drug-likeness (QED) is 0.699. The van der Waals surface area contributed by atoms with Crippen LogP contribution in [0.1, 0.15) is 36.6 Å². The summed E-state index contributed by atoms with van der Waals surface area (Å²) in [4.78, 5) is 16.9. The number of fused-ring (bicyclic) bond motifs is 1. The monoisotopic (exact) mass is 353 g/mol. The van der Waals surface area contributed by atoms with Gasteiger partial charge in [0, 0.05) is 22.9 Å². The summed E-state index contributed by atoms with van der Waals surface area (Å²) in [6.45, 7) is 5.46. The molecule has 3 aromatic rings. The van der Waals surface area contributed by atoms with Gasteiger partial charge in [-0.25, -0.2) is 13.9 Å². The van der Waals surface area contributed by atoms with Crippen LogP contribution in [0.25, 0.3) is 16.9 Å². The Morgan fingerprint density at radius 3 is 2.44 bits per heavy atom. The van der Waals surface area contributed by atoms with Crippen LogP contribution in [0, 0.1) is 12.7 Å². The molecule has 3 rings (SSSR count). The third-order valence-electron chi connectivity index (χ3n) is 4.00. The maximum Gasteiger partial charge on any atom is 0.419 e. The normalized spacial score (nSPS) is 12.3. The minimum Gasteiger partial charge on any atom is -0.289 e. The van der Waals surface area contributed by atoms with Crippen LogP contribution in [0.5, 0.6) is 0 Å². The molecule has 8 heteroatoms. The molecule has 2 heterocycles. The molecule has 4 nitrogen and oxygen atoms in total. The van der Waals surface area contributed by atoms with Crippen LogP contribution in [-0.2, 0) is 6.18 Å². The Bertz CT molecular complexity index is 1020. The van der Waals surface area contributed by atoms with Gasteiger partial charge in [-0.05, 0) is 25.0 Å². The molecule has 0 atom stereocenters. The predicted octanol–water partition coefficient (Wildman–Crippen LogP) is 4.28. The lowest BCUT2D eigenvalue weighted by Crippen LogP contribution is -2.22. The first-order chi connectivity index (χ1) is 11.6. The van der Waals surface area contributed by atoms with Crippen molar-refractivity contribution >= 4 is 5.65 Å². The molecule has 0 amide bonds. The molecule has 0 aliphatic heterocycles. The Balaban J connectivity index is 2.16. The van der Waals surface area contributed by atoms with Crippen molar-refractivity contribution in [3.8, 4) is 11.3 Å². The molecule has 0 spiro atoms. The summed E-state index contributed by atoms with van der Waals surface area (Å²) in [6, 6.07) is 4.12. The van der Waals surface area contributed by atoms with Crippen LogP contribution in [0.3, 0.4) is 0 Å². The second-order valence-corrected chi connectivity index (χ2v) is 6.13. The second-order valence-electron chi connectivity index (χ2n) is 6.13. The number of nitrogens with zero attached hydrogens (tertiary/aromatic N) is 2. The minimum atomic E-state index is -4.76. The number of alkyl halides is 3. The summed E-state index contributed by atoms with van der Waals surface area (Å²) in [7, 11) is 0. The van der Waals surface area contributed by atoms with Crippen LogP contribution < -0.4 is 5.56 Å². The van der Waals surface area contributed by atoms with Crippen LogP contribution in [-0.4, -0.2) is 14.6 Å². The summed E-state index contributed by atoms with van der Waals surface area (Å²) in [6.07, 6.45) is -4.76. The summed E-state index contributed by atoms with van der Waals surface area (Å²) in [5.74, 6) is -1.41. The fourth-order valence-corrected chi connectivity index (χ4v) is 2.87. The lowest BCUT2D eigenvalue weighted by Gasteiger charge is -2.08. The van der Waals surface area contributed by atoms with Crippen molar-refractivity contribution in [2.24, 2.45) is 0 Å². The number of aryl methyl sites for hydroxylation is 1. The number of hydrogen-bond acceptors (Lipinski definition) is 2. The molecule has 1 aromatic carbocycles. The zero-order valence-corrected chi connectivity index (χ0v) is 13.7. The molecular formula is C17H15F4N3O. The SMILES string of the molecule is Cc1nc2cc(-c3ccc(C(F)(F)F)c(F)c3)[nH]n2c(=O)c1C(C)C. The number of hydrogen-bond donors (Lipinski definition) is 1. The molecular weight excluding hydrogens is 338 g/mol. The summed E-state index contributed by atoms with van der Waals surface area (Å²) >= 11 is 0. The average Bonchev–Trinajstić information content (AvgIpc) is 2.89. The zero-order chi connectivity index (χ0) is 18.5. The van der Waals surface area contributed by atoms with E-state index in [-0.39, 0.29) is 17.0 Å². The second kappa shape index (κ2) is 5.72. The maximum absolute atomic E-state index is 13.8. The molecule has 0 saturated carbocycles. The van der Waals surface area contributed by atoms with Crippen molar-refractivity contribution < 1.29 is 17.6 Å². The Labute approximate surface area is 140 Å². The molecule has 2 aromatic heterocycles. The van der Waals surface area contributed by atoms with Gasteiger partial charge in [-0.15, -0.1) is 0 Å². The Hall–Kier alpha value is -2.64. The van der Waals surface area contributed by atoms with Crippen molar-refractivity contribution in [2.45, 2.75) is 32.9 Å². The highest BCUT2D eigenvalue weighted by Gasteiger charge is 2.34. The van der Waals surface area contributed by atoms with E-state index < -0.39 is 17.6 Å². The minimum absolute atomic E-state index is 0.0350. The van der Waals surface area contributed by atoms with E-state index >= 15 is 0 Å². The molecule has 132 valence electrons. The number of H-pyrrole nitrogens is 1. The number of aromatic nitrogens is 3. The van der Waals surface area contributed by atoms with E-state index in [0.29, 0.717) is 28.7 Å². The lowest BCUT2D eigenvalue weighted by atomic mass is 10.0. The molecule has 0 unspecified atom stereocenters. The molecule has 0 aliphatic rings. The molecule has 1 N–H and O–H groups in total. The first kappa shape index (κ1) is 17.2. The van der Waals surface area contributed by atoms with Crippen molar-refractivity contribution in [3.63, 3.8) is 0 Å². The predicted molar refractivity (Wildman–Crippen MR) is 85.0 cm³/mol. The Morgan fingerprint density at radius 1 is 1.20 bits per heavy atom. The van der Waals surface area contributed by atoms with Crippen molar-refractivity contribution in [1.29, 1.82) is 0 Å². The van der Waals surface area contributed by atoms with Crippen molar-refractivity contribution in [1.82, 2.24) is 14.6 Å². The van der Waals surface area contributed by atoms with Crippen LogP contribution in [0.4, 0.5) is 17.6 Å². The highest BCUT2D eigenvalue weighted by atomic mass is 19.4. The van der Waals surface area contributed by atoms with Gasteiger partial charge >= 0.3 is 6.18 Å². The molecule has 0 radical (unpaired) electrons. The van der Waals surface area contributed by atoms with Gasteiger partial charge in [-0.2, -0.15) is 13.2 Å². The Morgan fingerprint density at radius 2 is 1.88 bits per heavy atom. The van der Waals surface area contributed by atoms with Gasteiger partial charge in [0.05, 0.1) is 11.3 Å². The van der Waals surface area contributed by atoms with Gasteiger partial charge in [0.15, 0.2) is 5.65 Å². The summed E-state index contributed by atoms with van der Waals surface area (Å²) < 4.78 is 53.0. The van der Waals surface area contributed by atoms with E-state index in [0.717, 1.165) is 12.1 Å². The van der Waals surface area contributed by atoms with Gasteiger partial charge in [0.25, 0.3) is 5.56 Å². The van der Waals surface area contributed by atoms with E-state index in [1.165, 1.54) is 10.6 Å². The fraction of sp³-hybridized carbons (Fsp3) is 0.294. The Kier molecular flexibility index (Phi) is 3.93. The number of rotatable bonds is 2. The smallest absolute Gasteiger partial charge is 0.289 e. The largest absolute Gasteiger partial charge is 0.419 e. The highest BCUT2D eigenvalue weighted by Crippen LogP contribution is 2.33. The van der Waals surface area contributed by atoms with Gasteiger partial charge in [0.1, 0.15) is 5.82 Å². The van der Waals surface area contributed by atoms with Crippen molar-refractivity contribution in [3.05, 3.63) is 57.3 Å². The number of halogens is 4. The molecule has 0 bridgehead atoms. The van der Waals surface area contributed by atoms with Crippen LogP contribution in [0.15, 0.2) is 29.1 Å². The van der Waals surface area contributed by atoms with Gasteiger partial charge in [-0.3, -0.25) is 9.89 Å². The molecule has 0 aliphatic carbocycles. The standard InChI is InChI=1S/C17H15F4N3O/c1-8(2)15-9(3)22-14-7-13(23-24(14)16(15)25)10-4-5-11(12(18)6-10)17(19,20)21/h4-8,23H,1-3H3. The van der Waals surface area contributed by atoms with Crippen LogP contribution >= 0.6 is 0 Å². The average molecular weight is 353 g/mol. The highest BCUT2D eigenvalue weighted by molar-refractivity contribution is 5.64. The maximum atomic E-state index is 13.8. The number of aromatic amines is 1. The first-order valence-corrected chi connectivity index (χ1v) is 7.59. The topological polar surface area (TPSA) is 50.2 Å². The molecule has 25 heavy (non-hydrogen) atoms. The third kappa shape index (κ3) is 2.92. The van der Waals surface area contributed by atoms with E-state index in [1.54, 1.807) is 6.92 Å². The molecule has 0 fully saturated rings. The lowest BCUT2D eigenvalue weighted by molar-refractivity contribution is -0.139. The first-order valence-electron chi connectivity index (χ1n) is 7.59. The van der Waals surface area contributed by atoms with Crippen molar-refractivity contribution in [2.75, 3.05) is 0 Å². The number of benzene rings is 1. The molecule has 0 saturated heterocycles.